The standard InChI is InChI=1S/C36H38ClN3O5S/c1-45-32-18-9-27(10-19-32)23-24-38-36(42)35(29-5-3-2-4-6-29)40(25-28-7-14-30(37)15-8-28)34(41)22-13-26-11-20-33(21-12-26)46(43,44)39-31-16-17-31/h2-12,14-15,18-21,31,35,39H,13,16-17,22-25H2,1H3,(H,38,42). The summed E-state index contributed by atoms with van der Waals surface area (Å²) in [6, 6.07) is 29.9. The zero-order valence-electron chi connectivity index (χ0n) is 25.7. The van der Waals surface area contributed by atoms with Crippen molar-refractivity contribution in [3.05, 3.63) is 130 Å². The molecule has 0 spiro atoms. The summed E-state index contributed by atoms with van der Waals surface area (Å²) in [6.45, 7) is 0.591. The molecule has 46 heavy (non-hydrogen) atoms. The van der Waals surface area contributed by atoms with Crippen LogP contribution in [0.2, 0.25) is 5.02 Å². The highest BCUT2D eigenvalue weighted by Gasteiger charge is 2.31. The predicted octanol–water partition coefficient (Wildman–Crippen LogP) is 5.85. The van der Waals surface area contributed by atoms with Gasteiger partial charge in [0.05, 0.1) is 12.0 Å². The Kier molecular flexibility index (Phi) is 11.1. The van der Waals surface area contributed by atoms with Gasteiger partial charge in [-0.15, -0.1) is 0 Å². The van der Waals surface area contributed by atoms with Gasteiger partial charge >= 0.3 is 0 Å². The second-order valence-corrected chi connectivity index (χ2v) is 13.5. The van der Waals surface area contributed by atoms with E-state index >= 15 is 0 Å². The van der Waals surface area contributed by atoms with Crippen LogP contribution in [0.1, 0.15) is 47.6 Å². The molecule has 4 aromatic rings. The molecule has 1 atom stereocenters. The van der Waals surface area contributed by atoms with Crippen molar-refractivity contribution < 1.29 is 22.7 Å². The van der Waals surface area contributed by atoms with E-state index in [4.69, 9.17) is 16.3 Å². The van der Waals surface area contributed by atoms with Gasteiger partial charge in [0.25, 0.3) is 0 Å². The summed E-state index contributed by atoms with van der Waals surface area (Å²) in [5.74, 6) is 0.279. The number of hydrogen-bond acceptors (Lipinski definition) is 5. The van der Waals surface area contributed by atoms with E-state index in [9.17, 15) is 18.0 Å². The Labute approximate surface area is 275 Å². The second kappa shape index (κ2) is 15.4. The molecular formula is C36H38ClN3O5S. The third-order valence-corrected chi connectivity index (χ3v) is 9.68. The topological polar surface area (TPSA) is 105 Å². The van der Waals surface area contributed by atoms with Crippen LogP contribution in [0, 0.1) is 0 Å². The normalized spacial score (nSPS) is 13.5. The Morgan fingerprint density at radius 2 is 1.46 bits per heavy atom. The average molecular weight is 660 g/mol. The molecule has 1 unspecified atom stereocenters. The number of benzene rings is 4. The fourth-order valence-electron chi connectivity index (χ4n) is 5.16. The fourth-order valence-corrected chi connectivity index (χ4v) is 6.59. The van der Waals surface area contributed by atoms with Crippen LogP contribution in [0.5, 0.6) is 5.75 Å². The number of halogens is 1. The molecule has 8 nitrogen and oxygen atoms in total. The van der Waals surface area contributed by atoms with Crippen LogP contribution in [0.25, 0.3) is 0 Å². The maximum absolute atomic E-state index is 14.0. The molecule has 0 radical (unpaired) electrons. The number of rotatable bonds is 15. The van der Waals surface area contributed by atoms with Crippen molar-refractivity contribution in [2.24, 2.45) is 0 Å². The second-order valence-electron chi connectivity index (χ2n) is 11.4. The summed E-state index contributed by atoms with van der Waals surface area (Å²) in [6.07, 6.45) is 2.84. The predicted molar refractivity (Wildman–Crippen MR) is 179 cm³/mol. The molecule has 0 aliphatic heterocycles. The lowest BCUT2D eigenvalue weighted by molar-refractivity contribution is -0.141. The summed E-state index contributed by atoms with van der Waals surface area (Å²) >= 11 is 6.14. The van der Waals surface area contributed by atoms with Gasteiger partial charge in [-0.25, -0.2) is 13.1 Å². The molecule has 5 rings (SSSR count). The van der Waals surface area contributed by atoms with E-state index in [2.05, 4.69) is 10.0 Å². The number of aryl methyl sites for hydroxylation is 1. The molecule has 0 bridgehead atoms. The molecule has 1 fully saturated rings. The van der Waals surface area contributed by atoms with Crippen LogP contribution in [0.15, 0.2) is 108 Å². The molecule has 1 aliphatic rings. The highest BCUT2D eigenvalue weighted by Crippen LogP contribution is 2.26. The molecule has 0 aromatic heterocycles. The number of carbonyl (C=O) groups is 2. The number of methoxy groups -OCH3 is 1. The van der Waals surface area contributed by atoms with Crippen molar-refractivity contribution in [2.45, 2.75) is 55.6 Å². The van der Waals surface area contributed by atoms with Gasteiger partial charge < -0.3 is 15.0 Å². The Bertz CT molecular complexity index is 1710. The smallest absolute Gasteiger partial charge is 0.247 e. The summed E-state index contributed by atoms with van der Waals surface area (Å²) in [4.78, 5) is 29.7. The van der Waals surface area contributed by atoms with E-state index in [1.54, 1.807) is 48.4 Å². The molecular weight excluding hydrogens is 622 g/mol. The minimum atomic E-state index is -3.56. The number of amides is 2. The first-order valence-corrected chi connectivity index (χ1v) is 17.2. The van der Waals surface area contributed by atoms with Gasteiger partial charge in [-0.1, -0.05) is 78.3 Å². The Balaban J connectivity index is 1.33. The minimum Gasteiger partial charge on any atom is -0.497 e. The van der Waals surface area contributed by atoms with Crippen LogP contribution in [0.3, 0.4) is 0 Å². The van der Waals surface area contributed by atoms with Crippen molar-refractivity contribution in [2.75, 3.05) is 13.7 Å². The summed E-state index contributed by atoms with van der Waals surface area (Å²) in [7, 11) is -1.94. The maximum atomic E-state index is 14.0. The first-order chi connectivity index (χ1) is 22.2. The maximum Gasteiger partial charge on any atom is 0.247 e. The van der Waals surface area contributed by atoms with Gasteiger partial charge in [0.15, 0.2) is 0 Å². The highest BCUT2D eigenvalue weighted by molar-refractivity contribution is 7.89. The zero-order valence-corrected chi connectivity index (χ0v) is 27.3. The van der Waals surface area contributed by atoms with Crippen molar-refractivity contribution in [1.82, 2.24) is 14.9 Å². The quantitative estimate of drug-likeness (QED) is 0.167. The number of hydrogen-bond donors (Lipinski definition) is 2. The van der Waals surface area contributed by atoms with Crippen molar-refractivity contribution in [3.63, 3.8) is 0 Å². The largest absolute Gasteiger partial charge is 0.497 e. The molecule has 0 heterocycles. The van der Waals surface area contributed by atoms with Gasteiger partial charge in [-0.2, -0.15) is 0 Å². The summed E-state index contributed by atoms with van der Waals surface area (Å²) in [5, 5.41) is 3.63. The van der Waals surface area contributed by atoms with Crippen molar-refractivity contribution in [3.8, 4) is 5.75 Å². The fraction of sp³-hybridized carbons (Fsp3) is 0.278. The van der Waals surface area contributed by atoms with Crippen LogP contribution in [-0.4, -0.2) is 44.8 Å². The molecule has 4 aromatic carbocycles. The number of carbonyl (C=O) groups excluding carboxylic acids is 2. The van der Waals surface area contributed by atoms with Crippen LogP contribution in [-0.2, 0) is 39.0 Å². The number of sulfonamides is 1. The van der Waals surface area contributed by atoms with E-state index in [0.717, 1.165) is 35.3 Å². The summed E-state index contributed by atoms with van der Waals surface area (Å²) in [5.41, 5.74) is 3.41. The van der Waals surface area contributed by atoms with Gasteiger partial charge in [-0.3, -0.25) is 9.59 Å². The Morgan fingerprint density at radius 3 is 2.09 bits per heavy atom. The lowest BCUT2D eigenvalue weighted by Gasteiger charge is -2.32. The number of ether oxygens (including phenoxy) is 1. The van der Waals surface area contributed by atoms with Gasteiger partial charge in [0.2, 0.25) is 21.8 Å². The van der Waals surface area contributed by atoms with Gasteiger partial charge in [0, 0.05) is 30.6 Å². The van der Waals surface area contributed by atoms with E-state index in [-0.39, 0.29) is 35.7 Å². The molecule has 240 valence electrons. The number of nitrogens with one attached hydrogen (secondary N) is 2. The lowest BCUT2D eigenvalue weighted by atomic mass is 10.0. The average Bonchev–Trinajstić information content (AvgIpc) is 3.88. The molecule has 2 N–H and O–H groups in total. The molecule has 1 aliphatic carbocycles. The molecule has 2 amide bonds. The third kappa shape index (κ3) is 9.19. The molecule has 10 heteroatoms. The van der Waals surface area contributed by atoms with Crippen molar-refractivity contribution >= 4 is 33.4 Å². The lowest BCUT2D eigenvalue weighted by Crippen LogP contribution is -2.44. The van der Waals surface area contributed by atoms with E-state index < -0.39 is 16.1 Å². The third-order valence-electron chi connectivity index (χ3n) is 7.89. The van der Waals surface area contributed by atoms with E-state index in [0.29, 0.717) is 30.0 Å². The first-order valence-electron chi connectivity index (χ1n) is 15.3. The molecule has 0 saturated heterocycles. The Morgan fingerprint density at radius 1 is 0.848 bits per heavy atom. The highest BCUT2D eigenvalue weighted by atomic mass is 35.5. The zero-order chi connectivity index (χ0) is 32.5. The van der Waals surface area contributed by atoms with E-state index in [1.807, 2.05) is 66.7 Å². The van der Waals surface area contributed by atoms with Crippen LogP contribution in [0.4, 0.5) is 0 Å². The van der Waals surface area contributed by atoms with E-state index in [1.165, 1.54) is 0 Å². The van der Waals surface area contributed by atoms with Gasteiger partial charge in [-0.05, 0) is 84.3 Å². The van der Waals surface area contributed by atoms with Crippen molar-refractivity contribution in [1.29, 1.82) is 0 Å². The monoisotopic (exact) mass is 659 g/mol. The van der Waals surface area contributed by atoms with Crippen LogP contribution >= 0.6 is 11.6 Å². The van der Waals surface area contributed by atoms with Crippen LogP contribution < -0.4 is 14.8 Å². The first kappa shape index (κ1) is 33.2. The van der Waals surface area contributed by atoms with Gasteiger partial charge in [0.1, 0.15) is 11.8 Å². The summed E-state index contributed by atoms with van der Waals surface area (Å²) < 4.78 is 33.1. The number of nitrogens with zero attached hydrogens (tertiary/aromatic N) is 1. The minimum absolute atomic E-state index is 0.0196. The molecule has 1 saturated carbocycles. The SMILES string of the molecule is COc1ccc(CCNC(=O)C(c2ccccc2)N(Cc2ccc(Cl)cc2)C(=O)CCc2ccc(S(=O)(=O)NC3CC3)cc2)cc1. The Hall–Kier alpha value is -4.18.